The third-order valence-corrected chi connectivity index (χ3v) is 6.66. The van der Waals surface area contributed by atoms with E-state index in [0.29, 0.717) is 31.4 Å². The van der Waals surface area contributed by atoms with E-state index in [9.17, 15) is 39.0 Å². The minimum atomic E-state index is -1.59. The Morgan fingerprint density at radius 2 is 1.41 bits per heavy atom. The Kier molecular flexibility index (Phi) is 14.3. The molecule has 1 aromatic carbocycles. The summed E-state index contributed by atoms with van der Waals surface area (Å²) < 4.78 is 0. The molecule has 17 heteroatoms. The molecular formula is C27H41N9O8. The fraction of sp³-hybridized carbons (Fsp3) is 0.519. The Bertz CT molecular complexity index is 1190. The molecule has 242 valence electrons. The zero-order chi connectivity index (χ0) is 32.6. The second-order valence-electron chi connectivity index (χ2n) is 10.3. The Hall–Kier alpha value is -4.93. The maximum atomic E-state index is 13.6. The van der Waals surface area contributed by atoms with Gasteiger partial charge in [-0.05, 0) is 56.3 Å². The van der Waals surface area contributed by atoms with Gasteiger partial charge in [-0.25, -0.2) is 0 Å². The van der Waals surface area contributed by atoms with Crippen molar-refractivity contribution in [2.75, 3.05) is 19.6 Å². The number of hydrogen-bond acceptors (Lipinski definition) is 9. The number of aliphatic carboxylic acids is 1. The molecule has 1 fully saturated rings. The van der Waals surface area contributed by atoms with Crippen molar-refractivity contribution < 1.29 is 39.0 Å². The molecule has 0 aromatic heterocycles. The molecule has 0 unspecified atom stereocenters. The smallest absolute Gasteiger partial charge is 0.305 e. The van der Waals surface area contributed by atoms with Gasteiger partial charge in [0.05, 0.1) is 13.0 Å². The van der Waals surface area contributed by atoms with Crippen molar-refractivity contribution in [3.05, 3.63) is 29.8 Å². The summed E-state index contributed by atoms with van der Waals surface area (Å²) in [5.41, 5.74) is 11.4. The number of carbonyl (C=O) groups is 6. The molecule has 0 saturated carbocycles. The predicted molar refractivity (Wildman–Crippen MR) is 157 cm³/mol. The molecule has 0 bridgehead atoms. The summed E-state index contributed by atoms with van der Waals surface area (Å²) >= 11 is 0. The van der Waals surface area contributed by atoms with Crippen LogP contribution >= 0.6 is 0 Å². The summed E-state index contributed by atoms with van der Waals surface area (Å²) in [4.78, 5) is 77.3. The monoisotopic (exact) mass is 619 g/mol. The van der Waals surface area contributed by atoms with E-state index in [2.05, 4.69) is 31.9 Å². The number of nitrogens with one attached hydrogen (secondary N) is 7. The normalized spacial score (nSPS) is 21.8. The third-order valence-electron chi connectivity index (χ3n) is 6.66. The number of aromatic hydroxyl groups is 1. The van der Waals surface area contributed by atoms with Crippen molar-refractivity contribution >= 4 is 41.5 Å². The quantitative estimate of drug-likeness (QED) is 0.0631. The summed E-state index contributed by atoms with van der Waals surface area (Å²) in [6.07, 6.45) is 0.592. The summed E-state index contributed by atoms with van der Waals surface area (Å²) in [5, 5.41) is 41.2. The standard InChI is InChI=1S/C27H41N9O8/c28-10-2-1-4-18-24(42)34-17(5-3-11-31-27(29)30)23(41)32-14-21(38)33-20(13-22(39)40)26(44)36-19(25(43)35-18)12-15-6-8-16(37)9-7-15/h6-9,17-20,37H,1-5,10-14,28H2,(H,32,41)(H,33,38)(H,34,42)(H,35,43)(H,36,44)(H,39,40)(H4,29,30,31)/t17-,18-,19+,20+/m0/s1. The van der Waals surface area contributed by atoms with E-state index >= 15 is 0 Å². The second kappa shape index (κ2) is 17.9. The number of hydrogen-bond donors (Lipinski definition) is 11. The van der Waals surface area contributed by atoms with Crippen LogP contribution in [-0.2, 0) is 35.2 Å². The van der Waals surface area contributed by atoms with Crippen molar-refractivity contribution in [3.8, 4) is 5.75 Å². The van der Waals surface area contributed by atoms with Gasteiger partial charge < -0.3 is 53.6 Å². The number of carbonyl (C=O) groups excluding carboxylic acids is 5. The molecule has 0 radical (unpaired) electrons. The molecular weight excluding hydrogens is 578 g/mol. The number of carboxylic acid groups (broad SMARTS) is 1. The van der Waals surface area contributed by atoms with Crippen LogP contribution in [0.25, 0.3) is 0 Å². The Labute approximate surface area is 253 Å². The second-order valence-corrected chi connectivity index (χ2v) is 10.3. The summed E-state index contributed by atoms with van der Waals surface area (Å²) in [6.45, 7) is -0.0773. The van der Waals surface area contributed by atoms with Gasteiger partial charge in [-0.3, -0.25) is 34.2 Å². The average Bonchev–Trinajstić information content (AvgIpc) is 2.96. The van der Waals surface area contributed by atoms with Crippen LogP contribution in [0.1, 0.15) is 44.1 Å². The lowest BCUT2D eigenvalue weighted by atomic mass is 10.0. The van der Waals surface area contributed by atoms with Gasteiger partial charge in [0.25, 0.3) is 0 Å². The van der Waals surface area contributed by atoms with Crippen LogP contribution in [0.5, 0.6) is 5.75 Å². The fourth-order valence-corrected chi connectivity index (χ4v) is 4.37. The summed E-state index contributed by atoms with van der Waals surface area (Å²) in [5.74, 6) is -5.75. The van der Waals surface area contributed by atoms with Crippen LogP contribution in [0, 0.1) is 5.41 Å². The SMILES string of the molecule is N=C(N)NCCC[C@@H]1NC(=O)[C@H](CCCCN)NC(=O)[C@@H](Cc2ccc(O)cc2)NC(=O)[C@@H](CC(=O)O)NC(=O)CNC1=O. The third kappa shape index (κ3) is 12.5. The molecule has 1 aliphatic rings. The van der Waals surface area contributed by atoms with Gasteiger partial charge in [0, 0.05) is 13.0 Å². The molecule has 1 heterocycles. The number of rotatable bonds is 12. The predicted octanol–water partition coefficient (Wildman–Crippen LogP) is -3.13. The van der Waals surface area contributed by atoms with Crippen LogP contribution < -0.4 is 43.4 Å². The first-order valence-corrected chi connectivity index (χ1v) is 14.2. The van der Waals surface area contributed by atoms with Crippen molar-refractivity contribution in [2.24, 2.45) is 11.5 Å². The van der Waals surface area contributed by atoms with Gasteiger partial charge >= 0.3 is 5.97 Å². The molecule has 5 amide bonds. The van der Waals surface area contributed by atoms with Crippen LogP contribution in [0.4, 0.5) is 0 Å². The number of unbranched alkanes of at least 4 members (excludes halogenated alkanes) is 1. The molecule has 0 spiro atoms. The largest absolute Gasteiger partial charge is 0.508 e. The van der Waals surface area contributed by atoms with Gasteiger partial charge in [-0.15, -0.1) is 0 Å². The average molecular weight is 620 g/mol. The number of carboxylic acids is 1. The maximum Gasteiger partial charge on any atom is 0.305 e. The summed E-state index contributed by atoms with van der Waals surface area (Å²) in [6, 6.07) is 0.616. The molecule has 0 aliphatic carbocycles. The van der Waals surface area contributed by atoms with Crippen molar-refractivity contribution in [3.63, 3.8) is 0 Å². The lowest BCUT2D eigenvalue weighted by Gasteiger charge is -2.26. The number of guanidine groups is 1. The number of benzene rings is 1. The van der Waals surface area contributed by atoms with E-state index in [1.54, 1.807) is 0 Å². The lowest BCUT2D eigenvalue weighted by Crippen LogP contribution is -2.58. The van der Waals surface area contributed by atoms with E-state index in [4.69, 9.17) is 16.9 Å². The van der Waals surface area contributed by atoms with Crippen LogP contribution in [0.2, 0.25) is 0 Å². The number of nitrogens with two attached hydrogens (primary N) is 2. The molecule has 13 N–H and O–H groups in total. The Morgan fingerprint density at radius 1 is 0.841 bits per heavy atom. The lowest BCUT2D eigenvalue weighted by molar-refractivity contribution is -0.141. The van der Waals surface area contributed by atoms with Gasteiger partial charge in [0.2, 0.25) is 29.5 Å². The van der Waals surface area contributed by atoms with E-state index in [0.717, 1.165) is 0 Å². The van der Waals surface area contributed by atoms with Crippen LogP contribution in [-0.4, -0.2) is 95.5 Å². The highest BCUT2D eigenvalue weighted by Crippen LogP contribution is 2.13. The van der Waals surface area contributed by atoms with Crippen LogP contribution in [0.15, 0.2) is 24.3 Å². The van der Waals surface area contributed by atoms with E-state index in [1.165, 1.54) is 24.3 Å². The van der Waals surface area contributed by atoms with Crippen molar-refractivity contribution in [1.82, 2.24) is 31.9 Å². The van der Waals surface area contributed by atoms with E-state index in [-0.39, 0.29) is 37.5 Å². The molecule has 17 nitrogen and oxygen atoms in total. The van der Waals surface area contributed by atoms with Crippen LogP contribution in [0.3, 0.4) is 0 Å². The van der Waals surface area contributed by atoms with Crippen molar-refractivity contribution in [2.45, 2.75) is 69.1 Å². The van der Waals surface area contributed by atoms with E-state index in [1.807, 2.05) is 0 Å². The summed E-state index contributed by atoms with van der Waals surface area (Å²) in [7, 11) is 0. The first-order chi connectivity index (χ1) is 20.9. The molecule has 44 heavy (non-hydrogen) atoms. The minimum absolute atomic E-state index is 0.0278. The van der Waals surface area contributed by atoms with Gasteiger partial charge in [-0.1, -0.05) is 12.1 Å². The Morgan fingerprint density at radius 3 is 2.02 bits per heavy atom. The molecule has 1 aromatic rings. The molecule has 1 aliphatic heterocycles. The van der Waals surface area contributed by atoms with Crippen molar-refractivity contribution in [1.29, 1.82) is 5.41 Å². The minimum Gasteiger partial charge on any atom is -0.508 e. The first-order valence-electron chi connectivity index (χ1n) is 14.2. The van der Waals surface area contributed by atoms with Gasteiger partial charge in [0.1, 0.15) is 29.9 Å². The first kappa shape index (κ1) is 35.3. The zero-order valence-corrected chi connectivity index (χ0v) is 24.2. The zero-order valence-electron chi connectivity index (χ0n) is 24.2. The molecule has 1 saturated heterocycles. The van der Waals surface area contributed by atoms with Gasteiger partial charge in [0.15, 0.2) is 5.96 Å². The highest BCUT2D eigenvalue weighted by molar-refractivity contribution is 5.98. The fourth-order valence-electron chi connectivity index (χ4n) is 4.37. The van der Waals surface area contributed by atoms with E-state index < -0.39 is 72.6 Å². The van der Waals surface area contributed by atoms with Gasteiger partial charge in [-0.2, -0.15) is 0 Å². The topological polar surface area (TPSA) is 291 Å². The maximum absolute atomic E-state index is 13.6. The number of amides is 5. The molecule has 2 rings (SSSR count). The molecule has 4 atom stereocenters. The highest BCUT2D eigenvalue weighted by Gasteiger charge is 2.33. The number of phenolic OH excluding ortho intramolecular Hbond substituents is 1. The highest BCUT2D eigenvalue weighted by atomic mass is 16.4. The number of phenols is 1. The Balaban J connectivity index is 2.44.